The van der Waals surface area contributed by atoms with E-state index in [1.54, 1.807) is 18.9 Å². The van der Waals surface area contributed by atoms with Crippen LogP contribution in [0.15, 0.2) is 0 Å². The molecule has 0 unspecified atom stereocenters. The molecule has 78 valence electrons. The van der Waals surface area contributed by atoms with E-state index in [2.05, 4.69) is 0 Å². The smallest absolute Gasteiger partial charge is 0.321 e. The number of nitrogens with two attached hydrogens (primary N) is 1. The molecule has 4 nitrogen and oxygen atoms in total. The summed E-state index contributed by atoms with van der Waals surface area (Å²) in [6.45, 7) is 0.769. The Morgan fingerprint density at radius 3 is 2.85 bits per heavy atom. The Hall–Kier alpha value is -0.260. The SMILES string of the molecule is COCCCCSC[C@@H](N)C(=O)O. The second-order valence-electron chi connectivity index (χ2n) is 2.72. The van der Waals surface area contributed by atoms with Crippen LogP contribution in [0.3, 0.4) is 0 Å². The van der Waals surface area contributed by atoms with Crippen LogP contribution in [0.4, 0.5) is 0 Å². The van der Waals surface area contributed by atoms with E-state index in [0.717, 1.165) is 25.2 Å². The van der Waals surface area contributed by atoms with Crippen molar-refractivity contribution >= 4 is 17.7 Å². The molecule has 1 atom stereocenters. The van der Waals surface area contributed by atoms with Gasteiger partial charge in [0.05, 0.1) is 0 Å². The number of ether oxygens (including phenoxy) is 1. The number of unbranched alkanes of at least 4 members (excludes halogenated alkanes) is 1. The summed E-state index contributed by atoms with van der Waals surface area (Å²) in [5.41, 5.74) is 5.31. The van der Waals surface area contributed by atoms with Crippen molar-refractivity contribution in [1.29, 1.82) is 0 Å². The van der Waals surface area contributed by atoms with Gasteiger partial charge in [0.1, 0.15) is 6.04 Å². The molecule has 0 fully saturated rings. The van der Waals surface area contributed by atoms with Gasteiger partial charge < -0.3 is 15.6 Å². The molecule has 0 aliphatic carbocycles. The maximum atomic E-state index is 10.3. The van der Waals surface area contributed by atoms with Crippen molar-refractivity contribution < 1.29 is 14.6 Å². The highest BCUT2D eigenvalue weighted by molar-refractivity contribution is 7.99. The number of thioether (sulfide) groups is 1. The van der Waals surface area contributed by atoms with Gasteiger partial charge in [-0.05, 0) is 18.6 Å². The maximum absolute atomic E-state index is 10.3. The number of aliphatic carboxylic acids is 1. The molecule has 0 spiro atoms. The lowest BCUT2D eigenvalue weighted by Crippen LogP contribution is -2.32. The average molecular weight is 207 g/mol. The largest absolute Gasteiger partial charge is 0.480 e. The van der Waals surface area contributed by atoms with Crippen LogP contribution in [-0.4, -0.2) is 42.3 Å². The number of hydrogen-bond donors (Lipinski definition) is 2. The maximum Gasteiger partial charge on any atom is 0.321 e. The minimum atomic E-state index is -0.926. The molecule has 0 saturated heterocycles. The van der Waals surface area contributed by atoms with E-state index in [9.17, 15) is 4.79 Å². The average Bonchev–Trinajstić information content (AvgIpc) is 2.10. The Balaban J connectivity index is 3.11. The molecule has 0 aliphatic heterocycles. The first kappa shape index (κ1) is 12.7. The first-order chi connectivity index (χ1) is 6.18. The minimum Gasteiger partial charge on any atom is -0.480 e. The molecule has 0 aromatic heterocycles. The van der Waals surface area contributed by atoms with E-state index in [-0.39, 0.29) is 0 Å². The predicted octanol–water partition coefficient (Wildman–Crippen LogP) is 0.558. The standard InChI is InChI=1S/C8H17NO3S/c1-12-4-2-3-5-13-6-7(9)8(10)11/h7H,2-6,9H2,1H3,(H,10,11)/t7-/m1/s1. The number of methoxy groups -OCH3 is 1. The highest BCUT2D eigenvalue weighted by atomic mass is 32.2. The van der Waals surface area contributed by atoms with Crippen molar-refractivity contribution in [2.24, 2.45) is 5.73 Å². The molecule has 0 radical (unpaired) electrons. The summed E-state index contributed by atoms with van der Waals surface area (Å²) < 4.78 is 4.88. The van der Waals surface area contributed by atoms with Crippen LogP contribution >= 0.6 is 11.8 Å². The summed E-state index contributed by atoms with van der Waals surface area (Å²) in [6, 6.07) is -0.729. The molecule has 0 aromatic rings. The first-order valence-electron chi connectivity index (χ1n) is 4.23. The molecular weight excluding hydrogens is 190 g/mol. The zero-order chi connectivity index (χ0) is 10.1. The summed E-state index contributed by atoms with van der Waals surface area (Å²) in [4.78, 5) is 10.3. The van der Waals surface area contributed by atoms with Crippen molar-refractivity contribution in [2.75, 3.05) is 25.2 Å². The molecule has 0 aromatic carbocycles. The van der Waals surface area contributed by atoms with Gasteiger partial charge in [-0.2, -0.15) is 11.8 Å². The molecule has 0 bridgehead atoms. The number of rotatable bonds is 8. The fraction of sp³-hybridized carbons (Fsp3) is 0.875. The van der Waals surface area contributed by atoms with E-state index in [4.69, 9.17) is 15.6 Å². The van der Waals surface area contributed by atoms with Gasteiger partial charge in [0.25, 0.3) is 0 Å². The van der Waals surface area contributed by atoms with Crippen molar-refractivity contribution in [2.45, 2.75) is 18.9 Å². The van der Waals surface area contributed by atoms with Crippen LogP contribution in [0.1, 0.15) is 12.8 Å². The third-order valence-corrected chi connectivity index (χ3v) is 2.67. The molecule has 5 heteroatoms. The fourth-order valence-corrected chi connectivity index (χ4v) is 1.70. The van der Waals surface area contributed by atoms with Crippen molar-refractivity contribution in [3.8, 4) is 0 Å². The number of carboxylic acids is 1. The number of carboxylic acid groups (broad SMARTS) is 1. The van der Waals surface area contributed by atoms with E-state index in [1.165, 1.54) is 0 Å². The van der Waals surface area contributed by atoms with Crippen LogP contribution in [0.5, 0.6) is 0 Å². The molecule has 3 N–H and O–H groups in total. The lowest BCUT2D eigenvalue weighted by Gasteiger charge is -2.05. The third-order valence-electron chi connectivity index (χ3n) is 1.50. The Kier molecular flexibility index (Phi) is 8.18. The fourth-order valence-electron chi connectivity index (χ4n) is 0.732. The summed E-state index contributed by atoms with van der Waals surface area (Å²) >= 11 is 1.58. The number of carbonyl (C=O) groups is 1. The zero-order valence-electron chi connectivity index (χ0n) is 7.86. The topological polar surface area (TPSA) is 72.5 Å². The van der Waals surface area contributed by atoms with Gasteiger partial charge in [-0.15, -0.1) is 0 Å². The lowest BCUT2D eigenvalue weighted by molar-refractivity contribution is -0.137. The van der Waals surface area contributed by atoms with Gasteiger partial charge in [0.15, 0.2) is 0 Å². The van der Waals surface area contributed by atoms with Gasteiger partial charge >= 0.3 is 5.97 Å². The summed E-state index contributed by atoms with van der Waals surface area (Å²) in [5, 5.41) is 8.46. The summed E-state index contributed by atoms with van der Waals surface area (Å²) in [6.07, 6.45) is 2.07. The van der Waals surface area contributed by atoms with Gasteiger partial charge in [0.2, 0.25) is 0 Å². The Morgan fingerprint density at radius 2 is 2.31 bits per heavy atom. The monoisotopic (exact) mass is 207 g/mol. The Bertz CT molecular complexity index is 143. The van der Waals surface area contributed by atoms with E-state index in [1.807, 2.05) is 0 Å². The van der Waals surface area contributed by atoms with Gasteiger partial charge in [0, 0.05) is 19.5 Å². The van der Waals surface area contributed by atoms with Crippen LogP contribution in [0.25, 0.3) is 0 Å². The van der Waals surface area contributed by atoms with Crippen molar-refractivity contribution in [3.05, 3.63) is 0 Å². The van der Waals surface area contributed by atoms with Gasteiger partial charge in [-0.1, -0.05) is 0 Å². The Morgan fingerprint density at radius 1 is 1.62 bits per heavy atom. The van der Waals surface area contributed by atoms with Crippen molar-refractivity contribution in [3.63, 3.8) is 0 Å². The molecule has 0 saturated carbocycles. The lowest BCUT2D eigenvalue weighted by atomic mass is 10.4. The third kappa shape index (κ3) is 8.08. The molecule has 0 aliphatic rings. The van der Waals surface area contributed by atoms with E-state index in [0.29, 0.717) is 5.75 Å². The van der Waals surface area contributed by atoms with Crippen molar-refractivity contribution in [1.82, 2.24) is 0 Å². The summed E-state index contributed by atoms with van der Waals surface area (Å²) in [5.74, 6) is 0.511. The highest BCUT2D eigenvalue weighted by Gasteiger charge is 2.09. The van der Waals surface area contributed by atoms with E-state index >= 15 is 0 Å². The molecule has 0 rings (SSSR count). The Labute approximate surface area is 82.8 Å². The predicted molar refractivity (Wildman–Crippen MR) is 54.0 cm³/mol. The summed E-state index contributed by atoms with van der Waals surface area (Å²) in [7, 11) is 1.67. The highest BCUT2D eigenvalue weighted by Crippen LogP contribution is 2.05. The quantitative estimate of drug-likeness (QED) is 0.569. The van der Waals surface area contributed by atoms with Gasteiger partial charge in [-0.3, -0.25) is 4.79 Å². The van der Waals surface area contributed by atoms with Crippen LogP contribution in [0, 0.1) is 0 Å². The molecule has 0 heterocycles. The minimum absolute atomic E-state index is 0.488. The second-order valence-corrected chi connectivity index (χ2v) is 3.87. The zero-order valence-corrected chi connectivity index (χ0v) is 8.68. The first-order valence-corrected chi connectivity index (χ1v) is 5.39. The van der Waals surface area contributed by atoms with Crippen LogP contribution < -0.4 is 5.73 Å². The van der Waals surface area contributed by atoms with E-state index < -0.39 is 12.0 Å². The normalized spacial score (nSPS) is 12.8. The van der Waals surface area contributed by atoms with Crippen LogP contribution in [-0.2, 0) is 9.53 Å². The molecule has 0 amide bonds. The molecule has 13 heavy (non-hydrogen) atoms. The second kappa shape index (κ2) is 8.34. The van der Waals surface area contributed by atoms with Gasteiger partial charge in [-0.25, -0.2) is 0 Å². The number of hydrogen-bond acceptors (Lipinski definition) is 4. The van der Waals surface area contributed by atoms with Crippen LogP contribution in [0.2, 0.25) is 0 Å². The molecular formula is C8H17NO3S.